The van der Waals surface area contributed by atoms with Gasteiger partial charge in [0.25, 0.3) is 5.56 Å². The molecule has 2 heterocycles. The molecule has 0 unspecified atom stereocenters. The maximum atomic E-state index is 13.3. The number of nitrogens with zero attached hydrogens (tertiary/aromatic N) is 1. The zero-order valence-corrected chi connectivity index (χ0v) is 12.3. The summed E-state index contributed by atoms with van der Waals surface area (Å²) < 4.78 is 19.7. The molecule has 0 atom stereocenters. The number of hydrogen-bond donors (Lipinski definition) is 0. The van der Waals surface area contributed by atoms with E-state index in [1.165, 1.54) is 19.2 Å². The smallest absolute Gasteiger partial charge is 0.339 e. The average molecular weight is 301 g/mol. The summed E-state index contributed by atoms with van der Waals surface area (Å²) in [6.45, 7) is 0.606. The highest BCUT2D eigenvalue weighted by atomic mass is 19.1. The van der Waals surface area contributed by atoms with Crippen molar-refractivity contribution in [2.45, 2.75) is 25.8 Å². The van der Waals surface area contributed by atoms with Crippen LogP contribution in [0.1, 0.15) is 33.6 Å². The lowest BCUT2D eigenvalue weighted by Crippen LogP contribution is -2.26. The first kappa shape index (κ1) is 14.5. The van der Waals surface area contributed by atoms with Gasteiger partial charge in [-0.2, -0.15) is 0 Å². The quantitative estimate of drug-likeness (QED) is 0.817. The van der Waals surface area contributed by atoms with Crippen molar-refractivity contribution in [3.8, 4) is 0 Å². The summed E-state index contributed by atoms with van der Waals surface area (Å²) in [4.78, 5) is 24.5. The third-order valence-corrected chi connectivity index (χ3v) is 3.96. The van der Waals surface area contributed by atoms with Gasteiger partial charge in [-0.15, -0.1) is 0 Å². The second-order valence-corrected chi connectivity index (χ2v) is 5.39. The predicted octanol–water partition coefficient (Wildman–Crippen LogP) is 2.31. The minimum Gasteiger partial charge on any atom is -0.465 e. The Hall–Kier alpha value is -2.43. The van der Waals surface area contributed by atoms with Gasteiger partial charge in [-0.3, -0.25) is 4.79 Å². The van der Waals surface area contributed by atoms with Crippen LogP contribution in [0, 0.1) is 5.82 Å². The molecule has 1 aliphatic rings. The molecule has 0 amide bonds. The Morgan fingerprint density at radius 3 is 2.91 bits per heavy atom. The maximum absolute atomic E-state index is 13.3. The van der Waals surface area contributed by atoms with Crippen LogP contribution in [0.2, 0.25) is 0 Å². The number of methoxy groups -OCH3 is 1. The third-order valence-electron chi connectivity index (χ3n) is 3.96. The number of benzene rings is 1. The van der Waals surface area contributed by atoms with Crippen LogP contribution in [0.4, 0.5) is 4.39 Å². The highest BCUT2D eigenvalue weighted by molar-refractivity contribution is 5.90. The summed E-state index contributed by atoms with van der Waals surface area (Å²) in [5, 5.41) is 0. The summed E-state index contributed by atoms with van der Waals surface area (Å²) in [6.07, 6.45) is 1.82. The highest BCUT2D eigenvalue weighted by Crippen LogP contribution is 2.20. The molecule has 3 rings (SSSR count). The number of pyridine rings is 1. The van der Waals surface area contributed by atoms with Gasteiger partial charge in [-0.05, 0) is 36.6 Å². The summed E-state index contributed by atoms with van der Waals surface area (Å²) in [5.74, 6) is -0.780. The number of hydrogen-bond acceptors (Lipinski definition) is 3. The molecule has 4 nitrogen and oxygen atoms in total. The van der Waals surface area contributed by atoms with E-state index in [2.05, 4.69) is 0 Å². The molecular formula is C17H16FNO3. The number of ether oxygens (including phenoxy) is 1. The summed E-state index contributed by atoms with van der Waals surface area (Å²) in [7, 11) is 1.33. The SMILES string of the molecule is COC(=O)c1cc(Cc2cccc(F)c2)c(=O)n2c1CCC2. The minimum absolute atomic E-state index is 0.107. The standard InChI is InChI=1S/C17H16FNO3/c1-22-17(21)14-10-12(8-11-4-2-5-13(18)9-11)16(20)19-7-3-6-15(14)19/h2,4-5,9-10H,3,6-8H2,1H3. The Kier molecular flexibility index (Phi) is 3.79. The fourth-order valence-corrected chi connectivity index (χ4v) is 2.95. The van der Waals surface area contributed by atoms with Crippen molar-refractivity contribution in [1.82, 2.24) is 4.57 Å². The van der Waals surface area contributed by atoms with E-state index in [9.17, 15) is 14.0 Å². The number of aromatic nitrogens is 1. The van der Waals surface area contributed by atoms with Crippen LogP contribution in [0.15, 0.2) is 35.1 Å². The second kappa shape index (κ2) is 5.75. The van der Waals surface area contributed by atoms with E-state index in [0.717, 1.165) is 12.1 Å². The third kappa shape index (κ3) is 2.54. The fraction of sp³-hybridized carbons (Fsp3) is 0.294. The van der Waals surface area contributed by atoms with E-state index >= 15 is 0 Å². The van der Waals surface area contributed by atoms with Gasteiger partial charge >= 0.3 is 5.97 Å². The molecule has 0 fully saturated rings. The molecule has 0 spiro atoms. The summed E-state index contributed by atoms with van der Waals surface area (Å²) in [6, 6.07) is 7.72. The largest absolute Gasteiger partial charge is 0.465 e. The first-order valence-corrected chi connectivity index (χ1v) is 7.18. The van der Waals surface area contributed by atoms with E-state index in [0.29, 0.717) is 36.1 Å². The number of fused-ring (bicyclic) bond motifs is 1. The molecule has 0 saturated heterocycles. The van der Waals surface area contributed by atoms with Crippen LogP contribution in [0.3, 0.4) is 0 Å². The number of rotatable bonds is 3. The van der Waals surface area contributed by atoms with Gasteiger partial charge in [0.15, 0.2) is 0 Å². The van der Waals surface area contributed by atoms with Crippen LogP contribution >= 0.6 is 0 Å². The molecule has 114 valence electrons. The maximum Gasteiger partial charge on any atom is 0.339 e. The monoisotopic (exact) mass is 301 g/mol. The highest BCUT2D eigenvalue weighted by Gasteiger charge is 2.23. The predicted molar refractivity (Wildman–Crippen MR) is 79.6 cm³/mol. The zero-order valence-electron chi connectivity index (χ0n) is 12.3. The molecule has 0 aliphatic carbocycles. The number of halogens is 1. The Morgan fingerprint density at radius 2 is 2.18 bits per heavy atom. The van der Waals surface area contributed by atoms with Crippen molar-refractivity contribution < 1.29 is 13.9 Å². The second-order valence-electron chi connectivity index (χ2n) is 5.39. The van der Waals surface area contributed by atoms with E-state index in [4.69, 9.17) is 4.74 Å². The van der Waals surface area contributed by atoms with Crippen LogP contribution in [-0.2, 0) is 24.1 Å². The summed E-state index contributed by atoms with van der Waals surface area (Å²) in [5.41, 5.74) is 2.25. The van der Waals surface area contributed by atoms with E-state index in [1.807, 2.05) is 0 Å². The molecule has 0 bridgehead atoms. The molecule has 1 aromatic carbocycles. The van der Waals surface area contributed by atoms with Crippen LogP contribution < -0.4 is 5.56 Å². The van der Waals surface area contributed by atoms with E-state index in [1.54, 1.807) is 22.8 Å². The van der Waals surface area contributed by atoms with Crippen molar-refractivity contribution in [2.75, 3.05) is 7.11 Å². The van der Waals surface area contributed by atoms with Gasteiger partial charge in [0, 0.05) is 24.2 Å². The lowest BCUT2D eigenvalue weighted by Gasteiger charge is -2.12. The van der Waals surface area contributed by atoms with Gasteiger partial charge in [-0.1, -0.05) is 12.1 Å². The topological polar surface area (TPSA) is 48.3 Å². The number of carbonyl (C=O) groups excluding carboxylic acids is 1. The molecule has 1 aliphatic heterocycles. The van der Waals surface area contributed by atoms with Gasteiger partial charge in [0.05, 0.1) is 12.7 Å². The Morgan fingerprint density at radius 1 is 1.36 bits per heavy atom. The lowest BCUT2D eigenvalue weighted by atomic mass is 10.0. The normalized spacial score (nSPS) is 13.0. The summed E-state index contributed by atoms with van der Waals surface area (Å²) >= 11 is 0. The molecule has 2 aromatic rings. The minimum atomic E-state index is -0.439. The molecule has 0 radical (unpaired) electrons. The van der Waals surface area contributed by atoms with E-state index < -0.39 is 5.97 Å². The fourth-order valence-electron chi connectivity index (χ4n) is 2.95. The van der Waals surface area contributed by atoms with Gasteiger partial charge < -0.3 is 9.30 Å². The first-order chi connectivity index (χ1) is 10.6. The van der Waals surface area contributed by atoms with Crippen LogP contribution in [0.5, 0.6) is 0 Å². The Labute approximate surface area is 127 Å². The Bertz CT molecular complexity index is 795. The number of esters is 1. The van der Waals surface area contributed by atoms with Gasteiger partial charge in [-0.25, -0.2) is 9.18 Å². The first-order valence-electron chi connectivity index (χ1n) is 7.18. The van der Waals surface area contributed by atoms with Crippen molar-refractivity contribution in [2.24, 2.45) is 0 Å². The van der Waals surface area contributed by atoms with Gasteiger partial charge in [0.1, 0.15) is 5.82 Å². The van der Waals surface area contributed by atoms with Crippen molar-refractivity contribution >= 4 is 5.97 Å². The number of carbonyl (C=O) groups is 1. The molecule has 0 N–H and O–H groups in total. The van der Waals surface area contributed by atoms with Crippen molar-refractivity contribution in [1.29, 1.82) is 0 Å². The Balaban J connectivity index is 2.08. The zero-order chi connectivity index (χ0) is 15.7. The molecule has 22 heavy (non-hydrogen) atoms. The average Bonchev–Trinajstić information content (AvgIpc) is 2.99. The molecule has 0 saturated carbocycles. The lowest BCUT2D eigenvalue weighted by molar-refractivity contribution is 0.0598. The van der Waals surface area contributed by atoms with Crippen molar-refractivity contribution in [3.05, 3.63) is 68.9 Å². The molecule has 5 heteroatoms. The van der Waals surface area contributed by atoms with E-state index in [-0.39, 0.29) is 11.4 Å². The molecule has 1 aromatic heterocycles. The van der Waals surface area contributed by atoms with Gasteiger partial charge in [0.2, 0.25) is 0 Å². The van der Waals surface area contributed by atoms with Crippen LogP contribution in [0.25, 0.3) is 0 Å². The van der Waals surface area contributed by atoms with Crippen LogP contribution in [-0.4, -0.2) is 17.6 Å². The van der Waals surface area contributed by atoms with Crippen molar-refractivity contribution in [3.63, 3.8) is 0 Å². The molecular weight excluding hydrogens is 285 g/mol.